The largest absolute Gasteiger partial charge is 0.416 e. The van der Waals surface area contributed by atoms with Gasteiger partial charge in [-0.25, -0.2) is 8.42 Å². The molecule has 0 saturated heterocycles. The first-order chi connectivity index (χ1) is 10.5. The van der Waals surface area contributed by atoms with Gasteiger partial charge in [-0.1, -0.05) is 0 Å². The zero-order valence-corrected chi connectivity index (χ0v) is 13.6. The van der Waals surface area contributed by atoms with Crippen LogP contribution in [0, 0.1) is 0 Å². The lowest BCUT2D eigenvalue weighted by molar-refractivity contribution is -0.137. The van der Waals surface area contributed by atoms with Gasteiger partial charge in [0.05, 0.1) is 11.3 Å². The van der Waals surface area contributed by atoms with Gasteiger partial charge in [0.15, 0.2) is 0 Å². The lowest BCUT2D eigenvalue weighted by Crippen LogP contribution is -2.43. The van der Waals surface area contributed by atoms with Gasteiger partial charge in [-0.05, 0) is 44.0 Å². The van der Waals surface area contributed by atoms with Crippen molar-refractivity contribution in [3.05, 3.63) is 35.4 Å². The van der Waals surface area contributed by atoms with Gasteiger partial charge in [0, 0.05) is 23.9 Å². The summed E-state index contributed by atoms with van der Waals surface area (Å²) in [6.45, 7) is 1.64. The van der Waals surface area contributed by atoms with Crippen molar-refractivity contribution in [3.63, 3.8) is 0 Å². The summed E-state index contributed by atoms with van der Waals surface area (Å²) in [7, 11) is -3.26. The van der Waals surface area contributed by atoms with Crippen LogP contribution in [0.4, 0.5) is 13.2 Å². The van der Waals surface area contributed by atoms with Crippen molar-refractivity contribution in [1.82, 2.24) is 4.90 Å². The molecule has 1 aliphatic carbocycles. The molecule has 0 aromatic heterocycles. The Labute approximate surface area is 133 Å². The number of nitrogens with zero attached hydrogens (tertiary/aromatic N) is 1. The van der Waals surface area contributed by atoms with E-state index in [0.717, 1.165) is 43.4 Å². The van der Waals surface area contributed by atoms with E-state index >= 15 is 0 Å². The minimum Gasteiger partial charge on any atom is -0.332 e. The maximum absolute atomic E-state index is 12.6. The molecule has 1 aliphatic rings. The summed E-state index contributed by atoms with van der Waals surface area (Å²) in [5, 5.41) is 0. The van der Waals surface area contributed by atoms with E-state index in [4.69, 9.17) is 0 Å². The van der Waals surface area contributed by atoms with Crippen LogP contribution < -0.4 is 0 Å². The quantitative estimate of drug-likeness (QED) is 0.821. The SMILES string of the molecule is CC(CS(C)(=O)=O)N(C(=O)c1ccc(C(F)(F)F)cc1)C1CC1. The van der Waals surface area contributed by atoms with E-state index in [0.29, 0.717) is 0 Å². The van der Waals surface area contributed by atoms with Crippen molar-refractivity contribution >= 4 is 15.7 Å². The minimum atomic E-state index is -4.46. The lowest BCUT2D eigenvalue weighted by atomic mass is 10.1. The van der Waals surface area contributed by atoms with E-state index in [1.54, 1.807) is 6.92 Å². The summed E-state index contributed by atoms with van der Waals surface area (Å²) in [4.78, 5) is 14.0. The third kappa shape index (κ3) is 4.70. The van der Waals surface area contributed by atoms with Crippen LogP contribution in [0.3, 0.4) is 0 Å². The van der Waals surface area contributed by atoms with Gasteiger partial charge in [-0.15, -0.1) is 0 Å². The number of carbonyl (C=O) groups excluding carboxylic acids is 1. The standard InChI is InChI=1S/C15H18F3NO3S/c1-10(9-23(2,21)22)19(13-7-8-13)14(20)11-3-5-12(6-4-11)15(16,17)18/h3-6,10,13H,7-9H2,1-2H3. The Morgan fingerprint density at radius 3 is 2.17 bits per heavy atom. The molecule has 2 rings (SSSR count). The Morgan fingerprint density at radius 1 is 1.26 bits per heavy atom. The van der Waals surface area contributed by atoms with Crippen LogP contribution in [0.15, 0.2) is 24.3 Å². The number of hydrogen-bond donors (Lipinski definition) is 0. The second kappa shape index (κ2) is 6.14. The average Bonchev–Trinajstić information content (AvgIpc) is 3.20. The van der Waals surface area contributed by atoms with Crippen molar-refractivity contribution in [2.45, 2.75) is 38.0 Å². The summed E-state index contributed by atoms with van der Waals surface area (Å²) >= 11 is 0. The average molecular weight is 349 g/mol. The number of alkyl halides is 3. The second-order valence-corrected chi connectivity index (χ2v) is 8.14. The number of sulfone groups is 1. The zero-order chi connectivity index (χ0) is 17.4. The molecule has 0 N–H and O–H groups in total. The molecule has 0 aliphatic heterocycles. The molecule has 8 heteroatoms. The Hall–Kier alpha value is -1.57. The van der Waals surface area contributed by atoms with Crippen LogP contribution in [0.5, 0.6) is 0 Å². The van der Waals surface area contributed by atoms with Gasteiger partial charge < -0.3 is 4.90 Å². The van der Waals surface area contributed by atoms with Gasteiger partial charge in [0.2, 0.25) is 0 Å². The normalized spacial score (nSPS) is 16.9. The fourth-order valence-corrected chi connectivity index (χ4v) is 3.58. The maximum atomic E-state index is 12.6. The van der Waals surface area contributed by atoms with E-state index in [1.807, 2.05) is 0 Å². The van der Waals surface area contributed by atoms with Crippen molar-refractivity contribution in [1.29, 1.82) is 0 Å². The molecular weight excluding hydrogens is 331 g/mol. The monoisotopic (exact) mass is 349 g/mol. The molecule has 0 radical (unpaired) electrons. The first-order valence-electron chi connectivity index (χ1n) is 7.16. The molecule has 0 spiro atoms. The molecule has 1 fully saturated rings. The van der Waals surface area contributed by atoms with Crippen molar-refractivity contribution in [3.8, 4) is 0 Å². The number of hydrogen-bond acceptors (Lipinski definition) is 3. The van der Waals surface area contributed by atoms with Crippen LogP contribution in [0.2, 0.25) is 0 Å². The van der Waals surface area contributed by atoms with E-state index < -0.39 is 33.5 Å². The molecule has 1 aromatic rings. The van der Waals surface area contributed by atoms with Crippen LogP contribution in [-0.4, -0.2) is 43.3 Å². The highest BCUT2D eigenvalue weighted by Gasteiger charge is 2.37. The fraction of sp³-hybridized carbons (Fsp3) is 0.533. The van der Waals surface area contributed by atoms with Crippen molar-refractivity contribution in [2.75, 3.05) is 12.0 Å². The third-order valence-electron chi connectivity index (χ3n) is 3.65. The second-order valence-electron chi connectivity index (χ2n) is 5.96. The number of benzene rings is 1. The summed E-state index contributed by atoms with van der Waals surface area (Å²) in [6.07, 6.45) is -1.81. The Morgan fingerprint density at radius 2 is 1.78 bits per heavy atom. The van der Waals surface area contributed by atoms with Crippen LogP contribution in [-0.2, 0) is 16.0 Å². The topological polar surface area (TPSA) is 54.5 Å². The third-order valence-corrected chi connectivity index (χ3v) is 4.74. The minimum absolute atomic E-state index is 0.0402. The van der Waals surface area contributed by atoms with Gasteiger partial charge >= 0.3 is 6.18 Å². The van der Waals surface area contributed by atoms with E-state index in [-0.39, 0.29) is 17.4 Å². The van der Waals surface area contributed by atoms with E-state index in [1.165, 1.54) is 4.90 Å². The first kappa shape index (κ1) is 17.8. The lowest BCUT2D eigenvalue weighted by Gasteiger charge is -2.29. The van der Waals surface area contributed by atoms with Crippen molar-refractivity contribution in [2.24, 2.45) is 0 Å². The van der Waals surface area contributed by atoms with E-state index in [9.17, 15) is 26.4 Å². The Balaban J connectivity index is 2.21. The first-order valence-corrected chi connectivity index (χ1v) is 9.23. The van der Waals surface area contributed by atoms with Crippen LogP contribution >= 0.6 is 0 Å². The highest BCUT2D eigenvalue weighted by atomic mass is 32.2. The highest BCUT2D eigenvalue weighted by Crippen LogP contribution is 2.32. The zero-order valence-electron chi connectivity index (χ0n) is 12.8. The fourth-order valence-electron chi connectivity index (χ4n) is 2.55. The number of rotatable bonds is 5. The molecule has 4 nitrogen and oxygen atoms in total. The number of halogens is 3. The summed E-state index contributed by atoms with van der Waals surface area (Å²) in [6, 6.07) is 3.43. The maximum Gasteiger partial charge on any atom is 0.416 e. The predicted molar refractivity (Wildman–Crippen MR) is 79.8 cm³/mol. The molecule has 0 bridgehead atoms. The molecular formula is C15H18F3NO3S. The molecule has 1 unspecified atom stereocenters. The molecule has 1 atom stereocenters. The highest BCUT2D eigenvalue weighted by molar-refractivity contribution is 7.90. The van der Waals surface area contributed by atoms with Gasteiger partial charge in [0.25, 0.3) is 5.91 Å². The molecule has 1 aromatic carbocycles. The summed E-state index contributed by atoms with van der Waals surface area (Å²) in [5.41, 5.74) is -0.693. The van der Waals surface area contributed by atoms with Crippen molar-refractivity contribution < 1.29 is 26.4 Å². The summed E-state index contributed by atoms with van der Waals surface area (Å²) in [5.74, 6) is -0.604. The number of carbonyl (C=O) groups is 1. The van der Waals surface area contributed by atoms with Gasteiger partial charge in [0.1, 0.15) is 9.84 Å². The molecule has 1 saturated carbocycles. The molecule has 0 heterocycles. The Bertz CT molecular complexity index is 679. The van der Waals surface area contributed by atoms with E-state index in [2.05, 4.69) is 0 Å². The smallest absolute Gasteiger partial charge is 0.332 e. The molecule has 128 valence electrons. The van der Waals surface area contributed by atoms with Crippen LogP contribution in [0.1, 0.15) is 35.7 Å². The van der Waals surface area contributed by atoms with Gasteiger partial charge in [-0.2, -0.15) is 13.2 Å². The predicted octanol–water partition coefficient (Wildman–Crippen LogP) is 2.74. The van der Waals surface area contributed by atoms with Crippen LogP contribution in [0.25, 0.3) is 0 Å². The molecule has 1 amide bonds. The Kier molecular flexibility index (Phi) is 4.75. The number of amides is 1. The van der Waals surface area contributed by atoms with Gasteiger partial charge in [-0.3, -0.25) is 4.79 Å². The summed E-state index contributed by atoms with van der Waals surface area (Å²) < 4.78 is 60.6. The molecule has 23 heavy (non-hydrogen) atoms.